The van der Waals surface area contributed by atoms with Crippen molar-refractivity contribution in [3.05, 3.63) is 23.8 Å². The van der Waals surface area contributed by atoms with E-state index in [2.05, 4.69) is 5.32 Å². The number of nitrogens with zero attached hydrogens (tertiary/aromatic N) is 1. The standard InChI is InChI=1S/C15H22N2O3S/c18-11-13-5-1-2-9-17(13)21(19,20)14-7-6-12-4-3-8-16-15(12)10-14/h6-7,10,13,16,18H,1-5,8-9,11H2. The van der Waals surface area contributed by atoms with E-state index in [4.69, 9.17) is 0 Å². The Morgan fingerprint density at radius 1 is 1.29 bits per heavy atom. The maximum atomic E-state index is 12.8. The summed E-state index contributed by atoms with van der Waals surface area (Å²) >= 11 is 0. The lowest BCUT2D eigenvalue weighted by atomic mass is 10.0. The highest BCUT2D eigenvalue weighted by Crippen LogP contribution is 2.29. The first-order valence-electron chi connectivity index (χ1n) is 7.62. The van der Waals surface area contributed by atoms with Gasteiger partial charge in [-0.1, -0.05) is 12.5 Å². The Morgan fingerprint density at radius 3 is 2.95 bits per heavy atom. The molecular formula is C15H22N2O3S. The molecule has 1 saturated heterocycles. The Labute approximate surface area is 126 Å². The molecule has 3 rings (SSSR count). The molecule has 1 unspecified atom stereocenters. The van der Waals surface area contributed by atoms with Crippen molar-refractivity contribution >= 4 is 15.7 Å². The molecule has 116 valence electrons. The summed E-state index contributed by atoms with van der Waals surface area (Å²) in [5.74, 6) is 0. The van der Waals surface area contributed by atoms with E-state index in [0.717, 1.165) is 44.3 Å². The van der Waals surface area contributed by atoms with Gasteiger partial charge in [0.1, 0.15) is 0 Å². The summed E-state index contributed by atoms with van der Waals surface area (Å²) in [4.78, 5) is 0.330. The average molecular weight is 310 g/mol. The zero-order valence-corrected chi connectivity index (χ0v) is 12.9. The average Bonchev–Trinajstić information content (AvgIpc) is 2.54. The molecule has 0 saturated carbocycles. The second kappa shape index (κ2) is 5.94. The minimum Gasteiger partial charge on any atom is -0.395 e. The van der Waals surface area contributed by atoms with Gasteiger partial charge in [0, 0.05) is 24.8 Å². The second-order valence-corrected chi connectivity index (χ2v) is 7.69. The molecule has 1 fully saturated rings. The van der Waals surface area contributed by atoms with Gasteiger partial charge >= 0.3 is 0 Å². The normalized spacial score (nSPS) is 23.4. The SMILES string of the molecule is O=S(=O)(c1ccc2c(c1)NCCC2)N1CCCCC1CO. The van der Waals surface area contributed by atoms with E-state index in [1.54, 1.807) is 12.1 Å². The summed E-state index contributed by atoms with van der Waals surface area (Å²) in [7, 11) is -3.52. The number of fused-ring (bicyclic) bond motifs is 1. The Hall–Kier alpha value is -1.11. The molecule has 21 heavy (non-hydrogen) atoms. The first-order valence-corrected chi connectivity index (χ1v) is 9.06. The molecule has 1 aromatic rings. The van der Waals surface area contributed by atoms with Crippen LogP contribution in [0.1, 0.15) is 31.2 Å². The van der Waals surface area contributed by atoms with E-state index in [1.165, 1.54) is 9.87 Å². The summed E-state index contributed by atoms with van der Waals surface area (Å²) in [6.45, 7) is 1.28. The number of aliphatic hydroxyl groups excluding tert-OH is 1. The number of aliphatic hydroxyl groups is 1. The predicted molar refractivity (Wildman–Crippen MR) is 81.9 cm³/mol. The van der Waals surface area contributed by atoms with Gasteiger partial charge in [-0.2, -0.15) is 4.31 Å². The maximum absolute atomic E-state index is 12.8. The molecule has 0 aromatic heterocycles. The summed E-state index contributed by atoms with van der Waals surface area (Å²) < 4.78 is 27.1. The number of piperidine rings is 1. The van der Waals surface area contributed by atoms with Gasteiger partial charge in [-0.3, -0.25) is 0 Å². The third-order valence-electron chi connectivity index (χ3n) is 4.41. The molecule has 2 aliphatic rings. The van der Waals surface area contributed by atoms with Crippen LogP contribution in [0.3, 0.4) is 0 Å². The van der Waals surface area contributed by atoms with Crippen LogP contribution in [0.15, 0.2) is 23.1 Å². The van der Waals surface area contributed by atoms with E-state index < -0.39 is 10.0 Å². The minimum absolute atomic E-state index is 0.109. The number of rotatable bonds is 3. The van der Waals surface area contributed by atoms with Crippen molar-refractivity contribution in [2.24, 2.45) is 0 Å². The van der Waals surface area contributed by atoms with Crippen LogP contribution in [-0.4, -0.2) is 43.6 Å². The molecular weight excluding hydrogens is 288 g/mol. The van der Waals surface area contributed by atoms with E-state index in [-0.39, 0.29) is 12.6 Å². The van der Waals surface area contributed by atoms with Gasteiger partial charge in [0.2, 0.25) is 10.0 Å². The van der Waals surface area contributed by atoms with Gasteiger partial charge in [-0.05, 0) is 43.4 Å². The molecule has 0 spiro atoms. The smallest absolute Gasteiger partial charge is 0.243 e. The molecule has 6 heteroatoms. The van der Waals surface area contributed by atoms with E-state index in [9.17, 15) is 13.5 Å². The quantitative estimate of drug-likeness (QED) is 0.889. The maximum Gasteiger partial charge on any atom is 0.243 e. The number of aryl methyl sites for hydroxylation is 1. The van der Waals surface area contributed by atoms with E-state index in [0.29, 0.717) is 11.4 Å². The molecule has 2 N–H and O–H groups in total. The summed E-state index contributed by atoms with van der Waals surface area (Å²) in [6.07, 6.45) is 4.64. The zero-order valence-electron chi connectivity index (χ0n) is 12.1. The van der Waals surface area contributed by atoms with E-state index >= 15 is 0 Å². The van der Waals surface area contributed by atoms with Crippen molar-refractivity contribution in [2.45, 2.75) is 43.0 Å². The molecule has 2 heterocycles. The van der Waals surface area contributed by atoms with Crippen molar-refractivity contribution in [3.8, 4) is 0 Å². The Bertz CT molecular complexity index is 615. The van der Waals surface area contributed by atoms with Gasteiger partial charge in [0.15, 0.2) is 0 Å². The number of nitrogens with one attached hydrogen (secondary N) is 1. The topological polar surface area (TPSA) is 69.6 Å². The highest BCUT2D eigenvalue weighted by molar-refractivity contribution is 7.89. The molecule has 0 bridgehead atoms. The van der Waals surface area contributed by atoms with Crippen LogP contribution in [0.2, 0.25) is 0 Å². The zero-order chi connectivity index (χ0) is 14.9. The van der Waals surface area contributed by atoms with Crippen molar-refractivity contribution in [3.63, 3.8) is 0 Å². The van der Waals surface area contributed by atoms with E-state index in [1.807, 2.05) is 6.07 Å². The molecule has 1 atom stereocenters. The fourth-order valence-electron chi connectivity index (χ4n) is 3.21. The molecule has 0 aliphatic carbocycles. The monoisotopic (exact) mass is 310 g/mol. The Balaban J connectivity index is 1.94. The minimum atomic E-state index is -3.52. The highest BCUT2D eigenvalue weighted by atomic mass is 32.2. The fraction of sp³-hybridized carbons (Fsp3) is 0.600. The third-order valence-corrected chi connectivity index (χ3v) is 6.36. The van der Waals surface area contributed by atoms with Crippen LogP contribution in [0.4, 0.5) is 5.69 Å². The number of benzene rings is 1. The van der Waals surface area contributed by atoms with Crippen LogP contribution >= 0.6 is 0 Å². The van der Waals surface area contributed by atoms with Gasteiger partial charge in [0.25, 0.3) is 0 Å². The third kappa shape index (κ3) is 2.80. The van der Waals surface area contributed by atoms with Crippen LogP contribution in [0.25, 0.3) is 0 Å². The number of hydrogen-bond acceptors (Lipinski definition) is 4. The number of anilines is 1. The van der Waals surface area contributed by atoms with Gasteiger partial charge in [0.05, 0.1) is 11.5 Å². The predicted octanol–water partition coefficient (Wildman–Crippen LogP) is 1.58. The molecule has 2 aliphatic heterocycles. The van der Waals surface area contributed by atoms with Gasteiger partial charge in [-0.25, -0.2) is 8.42 Å². The lowest BCUT2D eigenvalue weighted by molar-refractivity contribution is 0.155. The summed E-state index contributed by atoms with van der Waals surface area (Å²) in [5, 5.41) is 12.7. The molecule has 1 aromatic carbocycles. The first kappa shape index (κ1) is 14.8. The first-order chi connectivity index (χ1) is 10.1. The van der Waals surface area contributed by atoms with Crippen LogP contribution in [0.5, 0.6) is 0 Å². The van der Waals surface area contributed by atoms with Crippen LogP contribution in [0, 0.1) is 0 Å². The largest absolute Gasteiger partial charge is 0.395 e. The number of sulfonamides is 1. The lowest BCUT2D eigenvalue weighted by Gasteiger charge is -2.33. The molecule has 0 radical (unpaired) electrons. The van der Waals surface area contributed by atoms with Gasteiger partial charge < -0.3 is 10.4 Å². The van der Waals surface area contributed by atoms with Crippen molar-refractivity contribution < 1.29 is 13.5 Å². The van der Waals surface area contributed by atoms with Crippen molar-refractivity contribution in [1.82, 2.24) is 4.31 Å². The van der Waals surface area contributed by atoms with Crippen molar-refractivity contribution in [1.29, 1.82) is 0 Å². The van der Waals surface area contributed by atoms with Crippen molar-refractivity contribution in [2.75, 3.05) is 25.0 Å². The second-order valence-electron chi connectivity index (χ2n) is 5.80. The van der Waals surface area contributed by atoms with Crippen LogP contribution < -0.4 is 5.32 Å². The Kier molecular flexibility index (Phi) is 4.19. The van der Waals surface area contributed by atoms with Crippen LogP contribution in [-0.2, 0) is 16.4 Å². The Morgan fingerprint density at radius 2 is 2.14 bits per heavy atom. The highest BCUT2D eigenvalue weighted by Gasteiger charge is 2.33. The summed E-state index contributed by atoms with van der Waals surface area (Å²) in [6, 6.07) is 5.07. The molecule has 5 nitrogen and oxygen atoms in total. The summed E-state index contributed by atoms with van der Waals surface area (Å²) in [5.41, 5.74) is 2.11. The van der Waals surface area contributed by atoms with Gasteiger partial charge in [-0.15, -0.1) is 0 Å². The number of hydrogen-bond donors (Lipinski definition) is 2. The lowest BCUT2D eigenvalue weighted by Crippen LogP contribution is -2.45. The molecule has 0 amide bonds. The fourth-order valence-corrected chi connectivity index (χ4v) is 4.92.